The Morgan fingerprint density at radius 3 is 2.70 bits per heavy atom. The number of rotatable bonds is 2. The fraction of sp³-hybridized carbons (Fsp3) is 1.00. The molecule has 4 heteroatoms. The zero-order valence-electron chi connectivity index (χ0n) is 5.95. The molecule has 60 valence electrons. The van der Waals surface area contributed by atoms with Gasteiger partial charge in [0, 0.05) is 13.7 Å². The Labute approximate surface area is 59.8 Å². The van der Waals surface area contributed by atoms with Crippen molar-refractivity contribution < 1.29 is 14.9 Å². The largest absolute Gasteiger partial charge is 0.389 e. The smallest absolute Gasteiger partial charge is 0.0986 e. The molecule has 1 rings (SSSR count). The summed E-state index contributed by atoms with van der Waals surface area (Å²) in [6.07, 6.45) is -1.32. The van der Waals surface area contributed by atoms with Gasteiger partial charge in [-0.1, -0.05) is 0 Å². The Morgan fingerprint density at radius 2 is 2.30 bits per heavy atom. The predicted octanol–water partition coefficient (Wildman–Crippen LogP) is -1.67. The van der Waals surface area contributed by atoms with Gasteiger partial charge in [-0.3, -0.25) is 0 Å². The van der Waals surface area contributed by atoms with Gasteiger partial charge in [-0.25, -0.2) is 0 Å². The minimum atomic E-state index is -0.681. The molecule has 0 unspecified atom stereocenters. The van der Waals surface area contributed by atoms with E-state index in [1.165, 1.54) is 0 Å². The van der Waals surface area contributed by atoms with Gasteiger partial charge >= 0.3 is 0 Å². The molecular weight excluding hydrogens is 134 g/mol. The number of methoxy groups -OCH3 is 1. The summed E-state index contributed by atoms with van der Waals surface area (Å²) in [6, 6.07) is -0.111. The van der Waals surface area contributed by atoms with E-state index in [1.807, 2.05) is 0 Å². The number of ether oxygens (including phenoxy) is 1. The van der Waals surface area contributed by atoms with Crippen molar-refractivity contribution in [3.8, 4) is 0 Å². The minimum Gasteiger partial charge on any atom is -0.389 e. The summed E-state index contributed by atoms with van der Waals surface area (Å²) in [5.41, 5.74) is 0. The number of aliphatic hydroxyl groups is 2. The zero-order chi connectivity index (χ0) is 7.56. The molecule has 0 aromatic heterocycles. The van der Waals surface area contributed by atoms with Crippen LogP contribution in [0.2, 0.25) is 0 Å². The lowest BCUT2D eigenvalue weighted by Gasteiger charge is -2.13. The quantitative estimate of drug-likeness (QED) is 0.437. The van der Waals surface area contributed by atoms with Gasteiger partial charge in [0.25, 0.3) is 0 Å². The standard InChI is InChI=1S/C6H13NO3/c1-10-3-4-6(9)5(8)2-7-4/h4-9H,2-3H2,1H3/t4-,5+,6-/m1/s1. The van der Waals surface area contributed by atoms with Gasteiger partial charge in [0.05, 0.1) is 24.9 Å². The van der Waals surface area contributed by atoms with E-state index in [9.17, 15) is 5.11 Å². The second-order valence-corrected chi connectivity index (χ2v) is 2.53. The minimum absolute atomic E-state index is 0.111. The summed E-state index contributed by atoms with van der Waals surface area (Å²) in [5.74, 6) is 0. The third kappa shape index (κ3) is 1.46. The summed E-state index contributed by atoms with van der Waals surface area (Å²) in [5, 5.41) is 21.2. The van der Waals surface area contributed by atoms with Crippen molar-refractivity contribution in [2.75, 3.05) is 20.3 Å². The van der Waals surface area contributed by atoms with Crippen molar-refractivity contribution in [3.05, 3.63) is 0 Å². The lowest BCUT2D eigenvalue weighted by atomic mass is 10.1. The Balaban J connectivity index is 2.33. The lowest BCUT2D eigenvalue weighted by molar-refractivity contribution is 0.0234. The van der Waals surface area contributed by atoms with E-state index in [1.54, 1.807) is 7.11 Å². The molecule has 0 aliphatic carbocycles. The molecule has 3 atom stereocenters. The van der Waals surface area contributed by atoms with Crippen molar-refractivity contribution in [3.63, 3.8) is 0 Å². The van der Waals surface area contributed by atoms with E-state index in [0.29, 0.717) is 13.2 Å². The molecule has 4 nitrogen and oxygen atoms in total. The van der Waals surface area contributed by atoms with Crippen LogP contribution in [-0.2, 0) is 4.74 Å². The molecule has 3 N–H and O–H groups in total. The van der Waals surface area contributed by atoms with Gasteiger partial charge in [0.15, 0.2) is 0 Å². The summed E-state index contributed by atoms with van der Waals surface area (Å²) < 4.78 is 4.81. The van der Waals surface area contributed by atoms with Crippen molar-refractivity contribution >= 4 is 0 Å². The normalized spacial score (nSPS) is 40.5. The zero-order valence-corrected chi connectivity index (χ0v) is 5.95. The van der Waals surface area contributed by atoms with Crippen LogP contribution < -0.4 is 5.32 Å². The molecule has 1 fully saturated rings. The van der Waals surface area contributed by atoms with Crippen molar-refractivity contribution in [1.29, 1.82) is 0 Å². The molecule has 0 spiro atoms. The molecule has 1 heterocycles. The van der Waals surface area contributed by atoms with Crippen LogP contribution in [0, 0.1) is 0 Å². The van der Waals surface area contributed by atoms with Gasteiger partial charge in [0.2, 0.25) is 0 Å². The third-order valence-corrected chi connectivity index (χ3v) is 1.74. The number of aliphatic hydroxyl groups excluding tert-OH is 2. The maximum Gasteiger partial charge on any atom is 0.0986 e. The molecule has 0 bridgehead atoms. The molecule has 0 amide bonds. The van der Waals surface area contributed by atoms with Crippen molar-refractivity contribution in [2.24, 2.45) is 0 Å². The maximum absolute atomic E-state index is 9.20. The van der Waals surface area contributed by atoms with Gasteiger partial charge in [-0.15, -0.1) is 0 Å². The van der Waals surface area contributed by atoms with Crippen LogP contribution in [0.25, 0.3) is 0 Å². The first-order valence-corrected chi connectivity index (χ1v) is 3.34. The SMILES string of the molecule is COC[C@H]1NC[C@H](O)[C@@H]1O. The van der Waals surface area contributed by atoms with Crippen LogP contribution >= 0.6 is 0 Å². The predicted molar refractivity (Wildman–Crippen MR) is 35.7 cm³/mol. The van der Waals surface area contributed by atoms with E-state index in [2.05, 4.69) is 5.32 Å². The molecule has 0 saturated carbocycles. The van der Waals surface area contributed by atoms with E-state index >= 15 is 0 Å². The average Bonchev–Trinajstić information content (AvgIpc) is 2.20. The van der Waals surface area contributed by atoms with Crippen molar-refractivity contribution in [2.45, 2.75) is 18.2 Å². The second kappa shape index (κ2) is 3.30. The third-order valence-electron chi connectivity index (χ3n) is 1.74. The van der Waals surface area contributed by atoms with E-state index in [-0.39, 0.29) is 6.04 Å². The van der Waals surface area contributed by atoms with Crippen LogP contribution in [0.5, 0.6) is 0 Å². The molecule has 0 aromatic rings. The molecule has 10 heavy (non-hydrogen) atoms. The Kier molecular flexibility index (Phi) is 2.62. The van der Waals surface area contributed by atoms with Crippen LogP contribution in [0.1, 0.15) is 0 Å². The van der Waals surface area contributed by atoms with Crippen LogP contribution in [-0.4, -0.2) is 48.7 Å². The number of hydrogen-bond acceptors (Lipinski definition) is 4. The van der Waals surface area contributed by atoms with Gasteiger partial charge in [-0.05, 0) is 0 Å². The number of β-amino-alcohol motifs (C(OH)–C–C–N with tert-alkyl or cyclic N) is 1. The topological polar surface area (TPSA) is 61.7 Å². The Morgan fingerprint density at radius 1 is 1.60 bits per heavy atom. The van der Waals surface area contributed by atoms with Crippen LogP contribution in [0.3, 0.4) is 0 Å². The number of hydrogen-bond donors (Lipinski definition) is 3. The van der Waals surface area contributed by atoms with Gasteiger partial charge < -0.3 is 20.3 Å². The molecule has 0 aromatic carbocycles. The molecule has 0 radical (unpaired) electrons. The van der Waals surface area contributed by atoms with Gasteiger partial charge in [0.1, 0.15) is 0 Å². The first-order chi connectivity index (χ1) is 4.75. The summed E-state index contributed by atoms with van der Waals surface area (Å²) >= 11 is 0. The highest BCUT2D eigenvalue weighted by atomic mass is 16.5. The molecule has 1 saturated heterocycles. The lowest BCUT2D eigenvalue weighted by Crippen LogP contribution is -2.36. The summed E-state index contributed by atoms with van der Waals surface area (Å²) in [4.78, 5) is 0. The summed E-state index contributed by atoms with van der Waals surface area (Å²) in [6.45, 7) is 0.896. The van der Waals surface area contributed by atoms with Crippen molar-refractivity contribution in [1.82, 2.24) is 5.32 Å². The van der Waals surface area contributed by atoms with Crippen LogP contribution in [0.15, 0.2) is 0 Å². The Bertz CT molecular complexity index is 107. The molecular formula is C6H13NO3. The van der Waals surface area contributed by atoms with E-state index in [4.69, 9.17) is 9.84 Å². The number of nitrogens with one attached hydrogen (secondary N) is 1. The first-order valence-electron chi connectivity index (χ1n) is 3.34. The van der Waals surface area contributed by atoms with Gasteiger partial charge in [-0.2, -0.15) is 0 Å². The van der Waals surface area contributed by atoms with E-state index in [0.717, 1.165) is 0 Å². The summed E-state index contributed by atoms with van der Waals surface area (Å²) in [7, 11) is 1.57. The highest BCUT2D eigenvalue weighted by molar-refractivity contribution is 4.89. The highest BCUT2D eigenvalue weighted by Crippen LogP contribution is 2.07. The maximum atomic E-state index is 9.20. The monoisotopic (exact) mass is 147 g/mol. The van der Waals surface area contributed by atoms with E-state index < -0.39 is 12.2 Å². The fourth-order valence-corrected chi connectivity index (χ4v) is 1.12. The Hall–Kier alpha value is -0.160. The highest BCUT2D eigenvalue weighted by Gasteiger charge is 2.32. The first kappa shape index (κ1) is 7.94. The average molecular weight is 147 g/mol. The second-order valence-electron chi connectivity index (χ2n) is 2.53. The van der Waals surface area contributed by atoms with Crippen LogP contribution in [0.4, 0.5) is 0 Å². The molecule has 1 aliphatic rings. The fourth-order valence-electron chi connectivity index (χ4n) is 1.12. The molecule has 1 aliphatic heterocycles.